The molecular weight excluding hydrogens is 278 g/mol. The van der Waals surface area contributed by atoms with Crippen molar-refractivity contribution in [3.8, 4) is 0 Å². The minimum absolute atomic E-state index is 0.0308. The van der Waals surface area contributed by atoms with Crippen LogP contribution < -0.4 is 16.2 Å². The first-order chi connectivity index (χ1) is 9.99. The molecule has 0 spiro atoms. The maximum Gasteiger partial charge on any atom is 0.303 e. The van der Waals surface area contributed by atoms with Gasteiger partial charge in [-0.25, -0.2) is 0 Å². The van der Waals surface area contributed by atoms with E-state index in [0.29, 0.717) is 0 Å². The van der Waals surface area contributed by atoms with Gasteiger partial charge in [0.15, 0.2) is 0 Å². The number of carboxylic acid groups (broad SMARTS) is 1. The van der Waals surface area contributed by atoms with E-state index in [2.05, 4.69) is 16.2 Å². The predicted molar refractivity (Wildman–Crippen MR) is 72.7 cm³/mol. The van der Waals surface area contributed by atoms with Crippen LogP contribution in [-0.4, -0.2) is 35.3 Å². The Bertz CT molecular complexity index is 405. The maximum atomic E-state index is 11.8. The summed E-state index contributed by atoms with van der Waals surface area (Å²) in [5, 5.41) is 10.9. The van der Waals surface area contributed by atoms with Crippen LogP contribution in [0.15, 0.2) is 0 Å². The smallest absolute Gasteiger partial charge is 0.303 e. The molecule has 0 aliphatic heterocycles. The first-order valence-electron chi connectivity index (χ1n) is 7.06. The second-order valence-corrected chi connectivity index (χ2v) is 5.04. The summed E-state index contributed by atoms with van der Waals surface area (Å²) in [6.07, 6.45) is 4.38. The second kappa shape index (κ2) is 8.93. The van der Waals surface area contributed by atoms with E-state index in [1.54, 1.807) is 0 Å². The predicted octanol–water partition coefficient (Wildman–Crippen LogP) is -0.305. The van der Waals surface area contributed by atoms with E-state index in [4.69, 9.17) is 5.11 Å². The Labute approximate surface area is 122 Å². The molecule has 0 aromatic rings. The highest BCUT2D eigenvalue weighted by Crippen LogP contribution is 2.23. The van der Waals surface area contributed by atoms with E-state index in [0.717, 1.165) is 32.1 Å². The van der Waals surface area contributed by atoms with Gasteiger partial charge >= 0.3 is 5.97 Å². The maximum absolute atomic E-state index is 11.8. The summed E-state index contributed by atoms with van der Waals surface area (Å²) >= 11 is 0. The van der Waals surface area contributed by atoms with Crippen molar-refractivity contribution in [2.75, 3.05) is 6.54 Å². The third kappa shape index (κ3) is 7.28. The molecule has 8 heteroatoms. The molecule has 1 saturated carbocycles. The number of carboxylic acids is 1. The highest BCUT2D eigenvalue weighted by molar-refractivity contribution is 5.87. The number of hydrazine groups is 1. The van der Waals surface area contributed by atoms with Crippen LogP contribution in [-0.2, 0) is 19.2 Å². The average Bonchev–Trinajstić information content (AvgIpc) is 2.49. The second-order valence-electron chi connectivity index (χ2n) is 5.04. The number of carbonyl (C=O) groups excluding carboxylic acids is 3. The van der Waals surface area contributed by atoms with Crippen LogP contribution >= 0.6 is 0 Å². The molecule has 8 nitrogen and oxygen atoms in total. The van der Waals surface area contributed by atoms with Crippen LogP contribution in [0.4, 0.5) is 0 Å². The Kier molecular flexibility index (Phi) is 7.20. The van der Waals surface area contributed by atoms with Crippen molar-refractivity contribution < 1.29 is 24.3 Å². The zero-order chi connectivity index (χ0) is 15.7. The van der Waals surface area contributed by atoms with Gasteiger partial charge < -0.3 is 10.4 Å². The van der Waals surface area contributed by atoms with Crippen molar-refractivity contribution in [1.29, 1.82) is 0 Å². The fourth-order valence-corrected chi connectivity index (χ4v) is 2.14. The number of nitrogens with one attached hydrogen (secondary N) is 3. The first kappa shape index (κ1) is 16.9. The Balaban J connectivity index is 2.14. The number of hydrogen-bond donors (Lipinski definition) is 4. The van der Waals surface area contributed by atoms with Crippen LogP contribution in [0.3, 0.4) is 0 Å². The van der Waals surface area contributed by atoms with E-state index in [1.165, 1.54) is 0 Å². The molecule has 0 aromatic heterocycles. The van der Waals surface area contributed by atoms with Crippen molar-refractivity contribution >= 4 is 23.7 Å². The van der Waals surface area contributed by atoms with Crippen LogP contribution in [0.2, 0.25) is 0 Å². The van der Waals surface area contributed by atoms with E-state index < -0.39 is 17.8 Å². The van der Waals surface area contributed by atoms with Crippen LogP contribution in [0.1, 0.15) is 44.9 Å². The van der Waals surface area contributed by atoms with Gasteiger partial charge in [0.2, 0.25) is 11.8 Å². The van der Waals surface area contributed by atoms with Gasteiger partial charge in [0.05, 0.1) is 13.0 Å². The molecule has 4 N–H and O–H groups in total. The van der Waals surface area contributed by atoms with Crippen molar-refractivity contribution in [3.63, 3.8) is 0 Å². The summed E-state index contributed by atoms with van der Waals surface area (Å²) in [4.78, 5) is 44.6. The molecule has 1 rings (SSSR count). The summed E-state index contributed by atoms with van der Waals surface area (Å²) in [7, 11) is 0. The summed E-state index contributed by atoms with van der Waals surface area (Å²) in [6.45, 7) is -0.214. The van der Waals surface area contributed by atoms with Crippen molar-refractivity contribution in [2.24, 2.45) is 5.92 Å². The van der Waals surface area contributed by atoms with Crippen molar-refractivity contribution in [2.45, 2.75) is 44.9 Å². The van der Waals surface area contributed by atoms with Gasteiger partial charge in [0, 0.05) is 12.3 Å². The Hall–Kier alpha value is -2.12. The Morgan fingerprint density at radius 1 is 0.905 bits per heavy atom. The lowest BCUT2D eigenvalue weighted by atomic mass is 9.89. The lowest BCUT2D eigenvalue weighted by Crippen LogP contribution is -2.47. The van der Waals surface area contributed by atoms with Gasteiger partial charge in [-0.2, -0.15) is 0 Å². The molecule has 3 amide bonds. The number of hydrogen-bond acceptors (Lipinski definition) is 4. The van der Waals surface area contributed by atoms with Crippen molar-refractivity contribution in [1.82, 2.24) is 16.2 Å². The number of aliphatic carboxylic acids is 1. The quantitative estimate of drug-likeness (QED) is 0.501. The zero-order valence-corrected chi connectivity index (χ0v) is 11.8. The van der Waals surface area contributed by atoms with Crippen molar-refractivity contribution in [3.05, 3.63) is 0 Å². The largest absolute Gasteiger partial charge is 0.481 e. The molecule has 0 atom stereocenters. The van der Waals surface area contributed by atoms with E-state index in [-0.39, 0.29) is 31.2 Å². The lowest BCUT2D eigenvalue weighted by molar-refractivity contribution is -0.139. The monoisotopic (exact) mass is 299 g/mol. The van der Waals surface area contributed by atoms with Crippen LogP contribution in [0.5, 0.6) is 0 Å². The molecule has 1 aliphatic carbocycles. The molecule has 0 unspecified atom stereocenters. The van der Waals surface area contributed by atoms with Crippen LogP contribution in [0, 0.1) is 5.92 Å². The van der Waals surface area contributed by atoms with Gasteiger partial charge in [-0.3, -0.25) is 30.0 Å². The highest BCUT2D eigenvalue weighted by Gasteiger charge is 2.21. The summed E-state index contributed by atoms with van der Waals surface area (Å²) in [6, 6.07) is 0. The van der Waals surface area contributed by atoms with E-state index in [1.807, 2.05) is 0 Å². The fourth-order valence-electron chi connectivity index (χ4n) is 2.14. The third-order valence-corrected chi connectivity index (χ3v) is 3.31. The van der Waals surface area contributed by atoms with E-state index in [9.17, 15) is 19.2 Å². The summed E-state index contributed by atoms with van der Waals surface area (Å²) in [5.74, 6) is -2.40. The number of amides is 3. The molecule has 1 aliphatic rings. The highest BCUT2D eigenvalue weighted by atomic mass is 16.4. The molecule has 21 heavy (non-hydrogen) atoms. The van der Waals surface area contributed by atoms with Gasteiger partial charge in [-0.05, 0) is 12.8 Å². The molecule has 0 saturated heterocycles. The minimum Gasteiger partial charge on any atom is -0.481 e. The minimum atomic E-state index is -1.09. The Morgan fingerprint density at radius 3 is 2.14 bits per heavy atom. The zero-order valence-electron chi connectivity index (χ0n) is 11.8. The first-order valence-corrected chi connectivity index (χ1v) is 7.06. The number of rotatable bonds is 6. The van der Waals surface area contributed by atoms with E-state index >= 15 is 0 Å². The normalized spacial score (nSPS) is 15.0. The fraction of sp³-hybridized carbons (Fsp3) is 0.692. The standard InChI is InChI=1S/C13H21N3O5/c17-10(6-7-12(19)20)15-16-11(18)8-14-13(21)9-4-2-1-3-5-9/h9H,1-8H2,(H,14,21)(H,15,17)(H,16,18)(H,19,20). The summed E-state index contributed by atoms with van der Waals surface area (Å²) < 4.78 is 0. The average molecular weight is 299 g/mol. The van der Waals surface area contributed by atoms with Gasteiger partial charge in [-0.15, -0.1) is 0 Å². The van der Waals surface area contributed by atoms with Crippen LogP contribution in [0.25, 0.3) is 0 Å². The molecule has 0 radical (unpaired) electrons. The topological polar surface area (TPSA) is 125 Å². The molecule has 0 aromatic carbocycles. The Morgan fingerprint density at radius 2 is 1.52 bits per heavy atom. The number of carbonyl (C=O) groups is 4. The molecule has 1 fully saturated rings. The van der Waals surface area contributed by atoms with Gasteiger partial charge in [0.25, 0.3) is 5.91 Å². The summed E-state index contributed by atoms with van der Waals surface area (Å²) in [5.41, 5.74) is 4.21. The SMILES string of the molecule is O=C(O)CCC(=O)NNC(=O)CNC(=O)C1CCCCC1. The molecule has 118 valence electrons. The van der Waals surface area contributed by atoms with Gasteiger partial charge in [0.1, 0.15) is 0 Å². The molecule has 0 heterocycles. The third-order valence-electron chi connectivity index (χ3n) is 3.31. The molecule has 0 bridgehead atoms. The lowest BCUT2D eigenvalue weighted by Gasteiger charge is -2.20. The van der Waals surface area contributed by atoms with Gasteiger partial charge in [-0.1, -0.05) is 19.3 Å². The molecular formula is C13H21N3O5.